The zero-order valence-electron chi connectivity index (χ0n) is 15.2. The van der Waals surface area contributed by atoms with Crippen LogP contribution in [0.4, 0.5) is 5.95 Å². The number of imidazole rings is 1. The van der Waals surface area contributed by atoms with Crippen molar-refractivity contribution in [3.63, 3.8) is 0 Å². The number of anilines is 1. The molecule has 6 nitrogen and oxygen atoms in total. The molecule has 0 bridgehead atoms. The van der Waals surface area contributed by atoms with Crippen LogP contribution >= 0.6 is 23.2 Å². The molecule has 3 aromatic rings. The zero-order chi connectivity index (χ0) is 18.8. The number of aryl methyl sites for hydroxylation is 1. The van der Waals surface area contributed by atoms with Gasteiger partial charge in [-0.2, -0.15) is 4.98 Å². The van der Waals surface area contributed by atoms with Crippen molar-refractivity contribution >= 4 is 40.3 Å². The molecule has 2 N–H and O–H groups in total. The van der Waals surface area contributed by atoms with Crippen molar-refractivity contribution in [1.82, 2.24) is 24.8 Å². The maximum atomic E-state index is 6.48. The molecule has 8 heteroatoms. The van der Waals surface area contributed by atoms with E-state index in [1.54, 1.807) is 6.20 Å². The van der Waals surface area contributed by atoms with Gasteiger partial charge in [0.05, 0.1) is 21.8 Å². The van der Waals surface area contributed by atoms with Crippen LogP contribution in [0.25, 0.3) is 22.6 Å². The van der Waals surface area contributed by atoms with Crippen molar-refractivity contribution in [1.29, 1.82) is 0 Å². The quantitative estimate of drug-likeness (QED) is 0.665. The summed E-state index contributed by atoms with van der Waals surface area (Å²) in [6.07, 6.45) is 5.21. The molecule has 4 rings (SSSR count). The topological polar surface area (TPSA) is 67.7 Å². The van der Waals surface area contributed by atoms with Crippen molar-refractivity contribution < 1.29 is 0 Å². The second-order valence-electron chi connectivity index (χ2n) is 6.82. The molecule has 1 aliphatic heterocycles. The van der Waals surface area contributed by atoms with Crippen LogP contribution in [0.5, 0.6) is 0 Å². The number of hydrogen-bond donors (Lipinski definition) is 2. The summed E-state index contributed by atoms with van der Waals surface area (Å²) in [5, 5.41) is 7.59. The number of piperidine rings is 1. The van der Waals surface area contributed by atoms with Crippen LogP contribution in [-0.4, -0.2) is 39.7 Å². The molecule has 142 valence electrons. The molecule has 0 aliphatic carbocycles. The Morgan fingerprint density at radius 2 is 1.93 bits per heavy atom. The number of rotatable bonds is 5. The van der Waals surface area contributed by atoms with Gasteiger partial charge >= 0.3 is 0 Å². The van der Waals surface area contributed by atoms with Gasteiger partial charge < -0.3 is 15.2 Å². The molecule has 0 amide bonds. The third-order valence-corrected chi connectivity index (χ3v) is 5.75. The highest BCUT2D eigenvalue weighted by molar-refractivity contribution is 6.39. The molecule has 1 aromatic carbocycles. The summed E-state index contributed by atoms with van der Waals surface area (Å²) in [4.78, 5) is 13.7. The highest BCUT2D eigenvalue weighted by atomic mass is 35.5. The molecule has 0 radical (unpaired) electrons. The summed E-state index contributed by atoms with van der Waals surface area (Å²) >= 11 is 13.0. The highest BCUT2D eigenvalue weighted by Crippen LogP contribution is 2.36. The lowest BCUT2D eigenvalue weighted by atomic mass is 9.95. The first kappa shape index (κ1) is 18.5. The Morgan fingerprint density at radius 3 is 2.63 bits per heavy atom. The molecule has 2 aromatic heterocycles. The Labute approximate surface area is 168 Å². The van der Waals surface area contributed by atoms with E-state index >= 15 is 0 Å². The van der Waals surface area contributed by atoms with Gasteiger partial charge in [-0.1, -0.05) is 29.3 Å². The minimum Gasteiger partial charge on any atom is -0.357 e. The molecule has 0 saturated carbocycles. The molecular formula is C19H22Cl2N6. The van der Waals surface area contributed by atoms with Gasteiger partial charge in [0.1, 0.15) is 11.3 Å². The number of halogens is 2. The van der Waals surface area contributed by atoms with E-state index in [1.165, 1.54) is 12.8 Å². The zero-order valence-corrected chi connectivity index (χ0v) is 16.7. The van der Waals surface area contributed by atoms with Gasteiger partial charge in [0.15, 0.2) is 5.65 Å². The van der Waals surface area contributed by atoms with E-state index in [1.807, 2.05) is 25.2 Å². The summed E-state index contributed by atoms with van der Waals surface area (Å²) in [6, 6.07) is 5.52. The summed E-state index contributed by atoms with van der Waals surface area (Å²) in [5.74, 6) is 2.02. The normalized spacial score (nSPS) is 15.4. The lowest BCUT2D eigenvalue weighted by Crippen LogP contribution is -2.28. The molecule has 1 saturated heterocycles. The summed E-state index contributed by atoms with van der Waals surface area (Å²) < 4.78 is 2.13. The number of nitrogens with one attached hydrogen (secondary N) is 2. The molecule has 1 fully saturated rings. The molecule has 0 atom stereocenters. The lowest BCUT2D eigenvalue weighted by molar-refractivity contribution is 0.339. The van der Waals surface area contributed by atoms with Gasteiger partial charge in [0, 0.05) is 13.6 Å². The second-order valence-corrected chi connectivity index (χ2v) is 7.63. The number of nitrogens with zero attached hydrogens (tertiary/aromatic N) is 4. The molecule has 27 heavy (non-hydrogen) atoms. The van der Waals surface area contributed by atoms with E-state index in [0.29, 0.717) is 21.9 Å². The molecule has 3 heterocycles. The van der Waals surface area contributed by atoms with Crippen LogP contribution in [0.2, 0.25) is 10.0 Å². The van der Waals surface area contributed by atoms with E-state index in [2.05, 4.69) is 25.2 Å². The smallest absolute Gasteiger partial charge is 0.224 e. The van der Waals surface area contributed by atoms with Gasteiger partial charge in [0.2, 0.25) is 5.95 Å². The minimum absolute atomic E-state index is 0.572. The minimum atomic E-state index is 0.572. The maximum Gasteiger partial charge on any atom is 0.224 e. The molecule has 0 spiro atoms. The molecule has 1 aliphatic rings. The van der Waals surface area contributed by atoms with Crippen LogP contribution in [-0.2, 0) is 6.54 Å². The van der Waals surface area contributed by atoms with Crippen LogP contribution in [0.15, 0.2) is 24.4 Å². The van der Waals surface area contributed by atoms with Gasteiger partial charge in [-0.3, -0.25) is 0 Å². The standard InChI is InChI=1S/C19H22Cl2N6/c1-22-19-24-11-15-17(26-19)27(10-7-12-5-8-23-9-6-12)18(25-15)16-13(20)3-2-4-14(16)21/h2-4,11-12,23H,5-10H2,1H3,(H,22,24,26). The van der Waals surface area contributed by atoms with Crippen LogP contribution in [0, 0.1) is 5.92 Å². The molecular weight excluding hydrogens is 383 g/mol. The maximum absolute atomic E-state index is 6.48. The third-order valence-electron chi connectivity index (χ3n) is 5.12. The van der Waals surface area contributed by atoms with Gasteiger partial charge in [0.25, 0.3) is 0 Å². The van der Waals surface area contributed by atoms with Crippen molar-refractivity contribution in [3.05, 3.63) is 34.4 Å². The number of benzene rings is 1. The van der Waals surface area contributed by atoms with Crippen molar-refractivity contribution in [3.8, 4) is 11.4 Å². The Morgan fingerprint density at radius 1 is 1.19 bits per heavy atom. The van der Waals surface area contributed by atoms with Crippen molar-refractivity contribution in [2.45, 2.75) is 25.8 Å². The van der Waals surface area contributed by atoms with Gasteiger partial charge in [-0.25, -0.2) is 9.97 Å². The predicted molar refractivity (Wildman–Crippen MR) is 111 cm³/mol. The van der Waals surface area contributed by atoms with E-state index in [4.69, 9.17) is 28.2 Å². The Kier molecular flexibility index (Phi) is 5.48. The van der Waals surface area contributed by atoms with E-state index in [-0.39, 0.29) is 0 Å². The SMILES string of the molecule is CNc1ncc2nc(-c3c(Cl)cccc3Cl)n(CCC3CCNCC3)c2n1. The largest absolute Gasteiger partial charge is 0.357 e. The lowest BCUT2D eigenvalue weighted by Gasteiger charge is -2.23. The van der Waals surface area contributed by atoms with Gasteiger partial charge in [-0.15, -0.1) is 0 Å². The van der Waals surface area contributed by atoms with Crippen LogP contribution < -0.4 is 10.6 Å². The summed E-state index contributed by atoms with van der Waals surface area (Å²) in [5.41, 5.74) is 2.29. The average Bonchev–Trinajstić information content (AvgIpc) is 3.04. The summed E-state index contributed by atoms with van der Waals surface area (Å²) in [6.45, 7) is 2.99. The highest BCUT2D eigenvalue weighted by Gasteiger charge is 2.21. The summed E-state index contributed by atoms with van der Waals surface area (Å²) in [7, 11) is 1.81. The fourth-order valence-corrected chi connectivity index (χ4v) is 4.20. The van der Waals surface area contributed by atoms with Crippen LogP contribution in [0.3, 0.4) is 0 Å². The Hall–Kier alpha value is -1.89. The van der Waals surface area contributed by atoms with Crippen molar-refractivity contribution in [2.75, 3.05) is 25.5 Å². The second kappa shape index (κ2) is 8.00. The van der Waals surface area contributed by atoms with Gasteiger partial charge in [-0.05, 0) is 50.4 Å². The van der Waals surface area contributed by atoms with E-state index in [9.17, 15) is 0 Å². The monoisotopic (exact) mass is 404 g/mol. The fourth-order valence-electron chi connectivity index (χ4n) is 3.64. The first-order valence-electron chi connectivity index (χ1n) is 9.23. The Bertz CT molecular complexity index is 929. The third kappa shape index (κ3) is 3.74. The number of fused-ring (bicyclic) bond motifs is 1. The Balaban J connectivity index is 1.79. The van der Waals surface area contributed by atoms with E-state index < -0.39 is 0 Å². The average molecular weight is 405 g/mol. The first-order valence-corrected chi connectivity index (χ1v) is 9.99. The fraction of sp³-hybridized carbons (Fsp3) is 0.421. The number of hydrogen-bond acceptors (Lipinski definition) is 5. The van der Waals surface area contributed by atoms with E-state index in [0.717, 1.165) is 48.6 Å². The van der Waals surface area contributed by atoms with Crippen LogP contribution in [0.1, 0.15) is 19.3 Å². The predicted octanol–water partition coefficient (Wildman–Crippen LogP) is 4.23. The molecule has 0 unspecified atom stereocenters. The number of aromatic nitrogens is 4. The first-order chi connectivity index (χ1) is 13.2. The van der Waals surface area contributed by atoms with Crippen molar-refractivity contribution in [2.24, 2.45) is 5.92 Å².